The molecule has 1 aromatic heterocycles. The number of nitrogens with one attached hydrogen (secondary N) is 1. The lowest BCUT2D eigenvalue weighted by Gasteiger charge is -2.16. The fraction of sp³-hybridized carbons (Fsp3) is 0.300. The molecule has 24 heavy (non-hydrogen) atoms. The summed E-state index contributed by atoms with van der Waals surface area (Å²) in [7, 11) is 0. The van der Waals surface area contributed by atoms with Gasteiger partial charge in [0.2, 0.25) is 0 Å². The van der Waals surface area contributed by atoms with E-state index in [0.29, 0.717) is 11.5 Å². The zero-order valence-corrected chi connectivity index (χ0v) is 14.5. The molecule has 1 N–H and O–H groups in total. The van der Waals surface area contributed by atoms with E-state index in [2.05, 4.69) is 28.7 Å². The van der Waals surface area contributed by atoms with Gasteiger partial charge in [0.05, 0.1) is 6.04 Å². The summed E-state index contributed by atoms with van der Waals surface area (Å²) >= 11 is 0. The van der Waals surface area contributed by atoms with Crippen molar-refractivity contribution in [2.75, 3.05) is 0 Å². The summed E-state index contributed by atoms with van der Waals surface area (Å²) in [6, 6.07) is 15.9. The molecule has 0 saturated carbocycles. The Hall–Kier alpha value is -2.62. The largest absolute Gasteiger partial charge is 0.360 e. The zero-order valence-electron chi connectivity index (χ0n) is 14.5. The van der Waals surface area contributed by atoms with Gasteiger partial charge in [0.1, 0.15) is 5.76 Å². The Morgan fingerprint density at radius 3 is 2.54 bits per heavy atom. The minimum atomic E-state index is -0.227. The summed E-state index contributed by atoms with van der Waals surface area (Å²) < 4.78 is 5.30. The first-order valence-corrected chi connectivity index (χ1v) is 8.12. The van der Waals surface area contributed by atoms with Gasteiger partial charge in [0.25, 0.3) is 5.91 Å². The number of carbonyl (C=O) groups excluding carboxylic acids is 1. The Morgan fingerprint density at radius 1 is 1.12 bits per heavy atom. The fourth-order valence-corrected chi connectivity index (χ4v) is 2.71. The van der Waals surface area contributed by atoms with Crippen LogP contribution in [-0.4, -0.2) is 11.1 Å². The second-order valence-corrected chi connectivity index (χ2v) is 7.09. The van der Waals surface area contributed by atoms with Crippen LogP contribution in [-0.2, 0) is 5.41 Å². The van der Waals surface area contributed by atoms with Crippen molar-refractivity contribution in [2.24, 2.45) is 0 Å². The van der Waals surface area contributed by atoms with E-state index in [-0.39, 0.29) is 17.4 Å². The third kappa shape index (κ3) is 3.18. The van der Waals surface area contributed by atoms with Crippen molar-refractivity contribution in [1.82, 2.24) is 10.5 Å². The summed E-state index contributed by atoms with van der Waals surface area (Å²) in [6.07, 6.45) is 0. The number of hydrogen-bond acceptors (Lipinski definition) is 3. The molecular weight excluding hydrogens is 300 g/mol. The Bertz CT molecular complexity index is 869. The number of nitrogens with zero attached hydrogens (tertiary/aromatic N) is 1. The molecule has 2 aromatic carbocycles. The highest BCUT2D eigenvalue weighted by atomic mass is 16.5. The van der Waals surface area contributed by atoms with Crippen LogP contribution in [0.4, 0.5) is 0 Å². The van der Waals surface area contributed by atoms with Gasteiger partial charge in [-0.3, -0.25) is 4.79 Å². The minimum Gasteiger partial charge on any atom is -0.360 e. The molecule has 124 valence electrons. The molecule has 0 saturated heterocycles. The van der Waals surface area contributed by atoms with Crippen LogP contribution in [0.15, 0.2) is 53.1 Å². The average Bonchev–Trinajstić information content (AvgIpc) is 3.04. The molecule has 0 aliphatic carbocycles. The molecule has 0 unspecified atom stereocenters. The predicted molar refractivity (Wildman–Crippen MR) is 95.0 cm³/mol. The van der Waals surface area contributed by atoms with Gasteiger partial charge in [-0.25, -0.2) is 0 Å². The van der Waals surface area contributed by atoms with E-state index in [0.717, 1.165) is 16.3 Å². The molecule has 4 nitrogen and oxygen atoms in total. The third-order valence-corrected chi connectivity index (χ3v) is 4.12. The summed E-state index contributed by atoms with van der Waals surface area (Å²) in [4.78, 5) is 12.5. The van der Waals surface area contributed by atoms with Gasteiger partial charge >= 0.3 is 0 Å². The normalized spacial score (nSPS) is 13.0. The van der Waals surface area contributed by atoms with Crippen LogP contribution >= 0.6 is 0 Å². The molecule has 4 heteroatoms. The Kier molecular flexibility index (Phi) is 4.14. The van der Waals surface area contributed by atoms with Gasteiger partial charge < -0.3 is 9.84 Å². The lowest BCUT2D eigenvalue weighted by atomic mass is 9.93. The van der Waals surface area contributed by atoms with E-state index >= 15 is 0 Å². The van der Waals surface area contributed by atoms with E-state index < -0.39 is 0 Å². The van der Waals surface area contributed by atoms with Gasteiger partial charge in [-0.15, -0.1) is 0 Å². The van der Waals surface area contributed by atoms with Crippen molar-refractivity contribution in [3.63, 3.8) is 0 Å². The summed E-state index contributed by atoms with van der Waals surface area (Å²) in [5, 5.41) is 9.21. The van der Waals surface area contributed by atoms with Gasteiger partial charge in [0.15, 0.2) is 5.69 Å². The topological polar surface area (TPSA) is 55.1 Å². The van der Waals surface area contributed by atoms with Crippen molar-refractivity contribution in [2.45, 2.75) is 39.2 Å². The second-order valence-electron chi connectivity index (χ2n) is 7.09. The molecule has 0 radical (unpaired) electrons. The number of carbonyl (C=O) groups is 1. The number of benzene rings is 2. The maximum absolute atomic E-state index is 12.5. The summed E-state index contributed by atoms with van der Waals surface area (Å²) in [6.45, 7) is 8.04. The maximum Gasteiger partial charge on any atom is 0.273 e. The number of rotatable bonds is 3. The first kappa shape index (κ1) is 16.2. The average molecular weight is 322 g/mol. The SMILES string of the molecule is C[C@@H](NC(=O)c1cc(C(C)(C)C)on1)c1cccc2ccccc12. The van der Waals surface area contributed by atoms with Crippen LogP contribution in [0.3, 0.4) is 0 Å². The molecular formula is C20H22N2O2. The predicted octanol–water partition coefficient (Wildman–Crippen LogP) is 4.62. The Labute approximate surface area is 141 Å². The lowest BCUT2D eigenvalue weighted by Crippen LogP contribution is -2.27. The van der Waals surface area contributed by atoms with E-state index in [1.165, 1.54) is 0 Å². The highest BCUT2D eigenvalue weighted by molar-refractivity contribution is 5.93. The molecule has 1 amide bonds. The number of fused-ring (bicyclic) bond motifs is 1. The van der Waals surface area contributed by atoms with Gasteiger partial charge in [0, 0.05) is 11.5 Å². The monoisotopic (exact) mass is 322 g/mol. The van der Waals surface area contributed by atoms with E-state index in [1.807, 2.05) is 52.0 Å². The smallest absolute Gasteiger partial charge is 0.273 e. The van der Waals surface area contributed by atoms with E-state index in [1.54, 1.807) is 6.07 Å². The Balaban J connectivity index is 1.82. The molecule has 1 atom stereocenters. The zero-order chi connectivity index (χ0) is 17.3. The first-order chi connectivity index (χ1) is 11.4. The molecule has 0 fully saturated rings. The lowest BCUT2D eigenvalue weighted by molar-refractivity contribution is 0.0930. The minimum absolute atomic E-state index is 0.126. The summed E-state index contributed by atoms with van der Waals surface area (Å²) in [5.41, 5.74) is 1.22. The summed E-state index contributed by atoms with van der Waals surface area (Å²) in [5.74, 6) is 0.472. The third-order valence-electron chi connectivity index (χ3n) is 4.12. The molecule has 0 spiro atoms. The highest BCUT2D eigenvalue weighted by Crippen LogP contribution is 2.25. The fourth-order valence-electron chi connectivity index (χ4n) is 2.71. The second kappa shape index (κ2) is 6.11. The standard InChI is InChI=1S/C20H22N2O2/c1-13(15-11-7-9-14-8-5-6-10-16(14)15)21-19(23)17-12-18(24-22-17)20(2,3)4/h5-13H,1-4H3,(H,21,23)/t13-/m1/s1. The number of hydrogen-bond donors (Lipinski definition) is 1. The molecule has 3 rings (SSSR count). The molecule has 0 aliphatic rings. The van der Waals surface area contributed by atoms with Crippen molar-refractivity contribution < 1.29 is 9.32 Å². The Morgan fingerprint density at radius 2 is 1.83 bits per heavy atom. The van der Waals surface area contributed by atoms with Crippen LogP contribution < -0.4 is 5.32 Å². The van der Waals surface area contributed by atoms with Crippen LogP contribution in [0.5, 0.6) is 0 Å². The van der Waals surface area contributed by atoms with Gasteiger partial charge in [-0.1, -0.05) is 68.4 Å². The molecule has 0 bridgehead atoms. The van der Waals surface area contributed by atoms with Crippen LogP contribution in [0, 0.1) is 0 Å². The quantitative estimate of drug-likeness (QED) is 0.765. The van der Waals surface area contributed by atoms with Crippen LogP contribution in [0.2, 0.25) is 0 Å². The number of aromatic nitrogens is 1. The van der Waals surface area contributed by atoms with Crippen LogP contribution in [0.1, 0.15) is 55.5 Å². The van der Waals surface area contributed by atoms with Crippen molar-refractivity contribution in [1.29, 1.82) is 0 Å². The molecule has 0 aliphatic heterocycles. The molecule has 1 heterocycles. The van der Waals surface area contributed by atoms with Crippen molar-refractivity contribution in [3.05, 3.63) is 65.5 Å². The number of amides is 1. The maximum atomic E-state index is 12.5. The van der Waals surface area contributed by atoms with E-state index in [9.17, 15) is 4.79 Å². The highest BCUT2D eigenvalue weighted by Gasteiger charge is 2.23. The van der Waals surface area contributed by atoms with Gasteiger partial charge in [-0.2, -0.15) is 0 Å². The van der Waals surface area contributed by atoms with Crippen molar-refractivity contribution in [3.8, 4) is 0 Å². The van der Waals surface area contributed by atoms with Gasteiger partial charge in [-0.05, 0) is 23.3 Å². The van der Waals surface area contributed by atoms with Crippen molar-refractivity contribution >= 4 is 16.7 Å². The van der Waals surface area contributed by atoms with Crippen LogP contribution in [0.25, 0.3) is 10.8 Å². The van der Waals surface area contributed by atoms with E-state index in [4.69, 9.17) is 4.52 Å². The molecule has 3 aromatic rings. The first-order valence-electron chi connectivity index (χ1n) is 8.12.